The van der Waals surface area contributed by atoms with Crippen LogP contribution >= 0.6 is 23.1 Å². The van der Waals surface area contributed by atoms with Crippen molar-refractivity contribution in [1.82, 2.24) is 19.5 Å². The van der Waals surface area contributed by atoms with Crippen LogP contribution in [0, 0.1) is 5.92 Å². The molecule has 8 heteroatoms. The maximum absolute atomic E-state index is 13.4. The van der Waals surface area contributed by atoms with Crippen LogP contribution in [0.3, 0.4) is 0 Å². The summed E-state index contributed by atoms with van der Waals surface area (Å²) in [6.07, 6.45) is 4.85. The second-order valence-electron chi connectivity index (χ2n) is 7.96. The number of para-hydroxylation sites is 1. The number of fused-ring (bicyclic) bond motifs is 4. The molecule has 0 saturated heterocycles. The molecule has 3 heterocycles. The van der Waals surface area contributed by atoms with Gasteiger partial charge in [-0.15, -0.1) is 17.9 Å². The van der Waals surface area contributed by atoms with Crippen molar-refractivity contribution in [3.8, 4) is 0 Å². The first kappa shape index (κ1) is 20.2. The first-order valence-electron chi connectivity index (χ1n) is 10.3. The van der Waals surface area contributed by atoms with Gasteiger partial charge in [-0.1, -0.05) is 36.9 Å². The number of benzene rings is 1. The lowest BCUT2D eigenvalue weighted by Gasteiger charge is -2.17. The standard InChI is InChI=1S/C23H23N5OS2/c1-3-10-28-22(29)19-15-9-8-13(2)11-17(15)31-21(19)27-23(28)30-12-18-25-16-7-5-4-6-14(16)20(24)26-18/h3-7,13H,1,8-12H2,2H3,(H2,24,25,26). The van der Waals surface area contributed by atoms with E-state index in [2.05, 4.69) is 23.5 Å². The second kappa shape index (κ2) is 8.09. The lowest BCUT2D eigenvalue weighted by Crippen LogP contribution is -2.23. The van der Waals surface area contributed by atoms with Gasteiger partial charge in [-0.25, -0.2) is 15.0 Å². The van der Waals surface area contributed by atoms with Crippen molar-refractivity contribution in [3.05, 3.63) is 63.5 Å². The fraction of sp³-hybridized carbons (Fsp3) is 0.304. The summed E-state index contributed by atoms with van der Waals surface area (Å²) in [5, 5.41) is 2.31. The highest BCUT2D eigenvalue weighted by Crippen LogP contribution is 2.36. The van der Waals surface area contributed by atoms with Crippen molar-refractivity contribution >= 4 is 50.0 Å². The number of hydrogen-bond donors (Lipinski definition) is 1. The van der Waals surface area contributed by atoms with Gasteiger partial charge < -0.3 is 5.73 Å². The Morgan fingerprint density at radius 1 is 1.32 bits per heavy atom. The molecule has 2 N–H and O–H groups in total. The molecule has 4 aromatic rings. The van der Waals surface area contributed by atoms with Crippen LogP contribution in [-0.2, 0) is 25.1 Å². The Bertz CT molecular complexity index is 1370. The molecule has 31 heavy (non-hydrogen) atoms. The molecule has 0 spiro atoms. The first-order chi connectivity index (χ1) is 15.0. The van der Waals surface area contributed by atoms with Gasteiger partial charge in [0.25, 0.3) is 5.56 Å². The zero-order valence-corrected chi connectivity index (χ0v) is 18.9. The van der Waals surface area contributed by atoms with E-state index in [9.17, 15) is 4.79 Å². The zero-order chi connectivity index (χ0) is 21.5. The summed E-state index contributed by atoms with van der Waals surface area (Å²) in [6, 6.07) is 7.70. The number of aromatic nitrogens is 4. The monoisotopic (exact) mass is 449 g/mol. The van der Waals surface area contributed by atoms with Crippen LogP contribution in [0.1, 0.15) is 29.6 Å². The topological polar surface area (TPSA) is 86.7 Å². The molecule has 0 amide bonds. The van der Waals surface area contributed by atoms with E-state index in [1.54, 1.807) is 22.0 Å². The Hall–Kier alpha value is -2.71. The predicted octanol–water partition coefficient (Wildman–Crippen LogP) is 4.59. The molecule has 1 atom stereocenters. The normalized spacial score (nSPS) is 16.0. The molecule has 1 aromatic carbocycles. The molecular formula is C23H23N5OS2. The van der Waals surface area contributed by atoms with E-state index in [-0.39, 0.29) is 5.56 Å². The average Bonchev–Trinajstić information content (AvgIpc) is 3.12. The van der Waals surface area contributed by atoms with Gasteiger partial charge in [-0.05, 0) is 42.9 Å². The average molecular weight is 450 g/mol. The quantitative estimate of drug-likeness (QED) is 0.272. The summed E-state index contributed by atoms with van der Waals surface area (Å²) in [7, 11) is 0. The van der Waals surface area contributed by atoms with E-state index in [1.807, 2.05) is 24.3 Å². The Kier molecular flexibility index (Phi) is 5.27. The van der Waals surface area contributed by atoms with Gasteiger partial charge in [0.1, 0.15) is 16.5 Å². The molecule has 158 valence electrons. The number of aryl methyl sites for hydroxylation is 1. The number of nitrogens with zero attached hydrogens (tertiary/aromatic N) is 4. The molecule has 1 aliphatic rings. The van der Waals surface area contributed by atoms with Gasteiger partial charge >= 0.3 is 0 Å². The number of thioether (sulfide) groups is 1. The fourth-order valence-corrected chi connectivity index (χ4v) is 6.44. The van der Waals surface area contributed by atoms with E-state index in [0.29, 0.717) is 35.0 Å². The van der Waals surface area contributed by atoms with Crippen molar-refractivity contribution < 1.29 is 0 Å². The van der Waals surface area contributed by atoms with Crippen molar-refractivity contribution in [3.63, 3.8) is 0 Å². The van der Waals surface area contributed by atoms with Crippen LogP contribution in [0.15, 0.2) is 46.9 Å². The Morgan fingerprint density at radius 2 is 2.16 bits per heavy atom. The largest absolute Gasteiger partial charge is 0.383 e. The number of allylic oxidation sites excluding steroid dienone is 1. The minimum Gasteiger partial charge on any atom is -0.383 e. The van der Waals surface area contributed by atoms with Crippen molar-refractivity contribution in [2.75, 3.05) is 5.73 Å². The second-order valence-corrected chi connectivity index (χ2v) is 9.99. The lowest BCUT2D eigenvalue weighted by molar-refractivity contribution is 0.509. The number of rotatable bonds is 5. The van der Waals surface area contributed by atoms with Crippen molar-refractivity contribution in [2.24, 2.45) is 5.92 Å². The Morgan fingerprint density at radius 3 is 3.00 bits per heavy atom. The van der Waals surface area contributed by atoms with E-state index in [4.69, 9.17) is 10.7 Å². The van der Waals surface area contributed by atoms with Crippen LogP contribution in [0.5, 0.6) is 0 Å². The minimum absolute atomic E-state index is 0.0263. The minimum atomic E-state index is 0.0263. The highest BCUT2D eigenvalue weighted by molar-refractivity contribution is 7.98. The zero-order valence-electron chi connectivity index (χ0n) is 17.3. The third kappa shape index (κ3) is 3.64. The summed E-state index contributed by atoms with van der Waals surface area (Å²) < 4.78 is 1.72. The van der Waals surface area contributed by atoms with E-state index >= 15 is 0 Å². The fourth-order valence-electron chi connectivity index (χ4n) is 4.15. The van der Waals surface area contributed by atoms with Gasteiger partial charge in [-0.3, -0.25) is 9.36 Å². The smallest absolute Gasteiger partial charge is 0.263 e. The number of nitrogen functional groups attached to an aromatic ring is 1. The molecule has 0 bridgehead atoms. The van der Waals surface area contributed by atoms with Crippen LogP contribution in [0.25, 0.3) is 21.1 Å². The lowest BCUT2D eigenvalue weighted by atomic mass is 9.89. The summed E-state index contributed by atoms with van der Waals surface area (Å²) in [5.41, 5.74) is 8.17. The summed E-state index contributed by atoms with van der Waals surface area (Å²) >= 11 is 3.13. The Labute approximate surface area is 188 Å². The molecule has 0 fully saturated rings. The van der Waals surface area contributed by atoms with E-state index in [0.717, 1.165) is 40.4 Å². The van der Waals surface area contributed by atoms with Crippen molar-refractivity contribution in [1.29, 1.82) is 0 Å². The number of nitrogens with two attached hydrogens (primary N) is 1. The van der Waals surface area contributed by atoms with Crippen molar-refractivity contribution in [2.45, 2.75) is 43.6 Å². The third-order valence-electron chi connectivity index (χ3n) is 5.70. The molecule has 5 rings (SSSR count). The maximum atomic E-state index is 13.4. The molecular weight excluding hydrogens is 426 g/mol. The predicted molar refractivity (Wildman–Crippen MR) is 129 cm³/mol. The molecule has 1 unspecified atom stereocenters. The summed E-state index contributed by atoms with van der Waals surface area (Å²) in [4.78, 5) is 29.5. The van der Waals surface area contributed by atoms with Gasteiger partial charge in [0.05, 0.1) is 16.7 Å². The molecule has 0 aliphatic heterocycles. The first-order valence-corrected chi connectivity index (χ1v) is 12.1. The van der Waals surface area contributed by atoms with Crippen LogP contribution in [0.2, 0.25) is 0 Å². The SMILES string of the molecule is C=CCn1c(SCc2nc(N)c3ccccc3n2)nc2sc3c(c2c1=O)CCC(C)C3. The number of hydrogen-bond acceptors (Lipinski definition) is 7. The molecule has 0 radical (unpaired) electrons. The molecule has 1 aliphatic carbocycles. The van der Waals surface area contributed by atoms with E-state index < -0.39 is 0 Å². The molecule has 3 aromatic heterocycles. The van der Waals surface area contributed by atoms with Crippen LogP contribution in [0.4, 0.5) is 5.82 Å². The summed E-state index contributed by atoms with van der Waals surface area (Å²) in [6.45, 7) is 6.53. The number of anilines is 1. The van der Waals surface area contributed by atoms with Gasteiger partial charge in [-0.2, -0.15) is 0 Å². The van der Waals surface area contributed by atoms with E-state index in [1.165, 1.54) is 22.2 Å². The highest BCUT2D eigenvalue weighted by atomic mass is 32.2. The summed E-state index contributed by atoms with van der Waals surface area (Å²) in [5.74, 6) is 2.22. The van der Waals surface area contributed by atoms with Crippen LogP contribution < -0.4 is 11.3 Å². The third-order valence-corrected chi connectivity index (χ3v) is 7.82. The molecule has 6 nitrogen and oxygen atoms in total. The van der Waals surface area contributed by atoms with Gasteiger partial charge in [0, 0.05) is 16.8 Å². The van der Waals surface area contributed by atoms with Gasteiger partial charge in [0.15, 0.2) is 5.16 Å². The Balaban J connectivity index is 1.54. The van der Waals surface area contributed by atoms with Gasteiger partial charge in [0.2, 0.25) is 0 Å². The van der Waals surface area contributed by atoms with Crippen LogP contribution in [-0.4, -0.2) is 19.5 Å². The molecule has 0 saturated carbocycles. The maximum Gasteiger partial charge on any atom is 0.263 e. The highest BCUT2D eigenvalue weighted by Gasteiger charge is 2.24. The number of thiophene rings is 1.